The minimum atomic E-state index is -0.0330. The monoisotopic (exact) mass is 1060 g/mol. The molecule has 7 aromatic carbocycles. The zero-order valence-corrected chi connectivity index (χ0v) is 39.2. The van der Waals surface area contributed by atoms with Crippen molar-refractivity contribution in [3.05, 3.63) is 147 Å². The Bertz CT molecular complexity index is 2300. The molecule has 0 aliphatic rings. The van der Waals surface area contributed by atoms with E-state index in [1.807, 2.05) is 0 Å². The molecule has 0 bridgehead atoms. The third kappa shape index (κ3) is 7.10. The average molecular weight is 1070 g/mol. The number of rotatable bonds is 4. The average Bonchev–Trinajstić information content (AvgIpc) is 3.08. The minimum absolute atomic E-state index is 0.0330. The summed E-state index contributed by atoms with van der Waals surface area (Å²) in [6, 6.07) is 39.7. The van der Waals surface area contributed by atoms with Gasteiger partial charge in [-0.2, -0.15) is 0 Å². The molecular formula is C46H36Br6. The molecule has 0 saturated carbocycles. The second-order valence-electron chi connectivity index (χ2n) is 15.4. The Morgan fingerprint density at radius 1 is 0.327 bits per heavy atom. The molecule has 0 heterocycles. The molecule has 0 aromatic heterocycles. The molecule has 0 nitrogen and oxygen atoms in total. The van der Waals surface area contributed by atoms with Gasteiger partial charge in [-0.15, -0.1) is 0 Å². The fourth-order valence-electron chi connectivity index (χ4n) is 6.98. The fraction of sp³-hybridized carbons (Fsp3) is 0.174. The van der Waals surface area contributed by atoms with Gasteiger partial charge in [0.1, 0.15) is 0 Å². The van der Waals surface area contributed by atoms with E-state index in [1.165, 1.54) is 22.3 Å². The van der Waals surface area contributed by atoms with E-state index in [-0.39, 0.29) is 10.8 Å². The molecule has 0 N–H and O–H groups in total. The van der Waals surface area contributed by atoms with Crippen LogP contribution >= 0.6 is 95.6 Å². The van der Waals surface area contributed by atoms with Gasteiger partial charge < -0.3 is 0 Å². The Morgan fingerprint density at radius 2 is 0.635 bits per heavy atom. The van der Waals surface area contributed by atoms with Crippen LogP contribution in [0.2, 0.25) is 0 Å². The summed E-state index contributed by atoms with van der Waals surface area (Å²) in [5.41, 5.74) is 11.5. The predicted molar refractivity (Wildman–Crippen MR) is 247 cm³/mol. The summed E-state index contributed by atoms with van der Waals surface area (Å²) in [5.74, 6) is 0. The third-order valence-electron chi connectivity index (χ3n) is 9.75. The maximum atomic E-state index is 4.17. The van der Waals surface area contributed by atoms with Crippen molar-refractivity contribution in [1.82, 2.24) is 0 Å². The lowest BCUT2D eigenvalue weighted by atomic mass is 9.81. The van der Waals surface area contributed by atoms with E-state index in [4.69, 9.17) is 0 Å². The molecule has 0 atom stereocenters. The summed E-state index contributed by atoms with van der Waals surface area (Å²) < 4.78 is 6.18. The molecule has 0 fully saturated rings. The molecule has 6 heteroatoms. The fourth-order valence-corrected chi connectivity index (χ4v) is 11.5. The zero-order chi connectivity index (χ0) is 37.3. The molecule has 0 aliphatic heterocycles. The van der Waals surface area contributed by atoms with E-state index in [2.05, 4.69) is 246 Å². The topological polar surface area (TPSA) is 0 Å². The number of benzene rings is 7. The van der Waals surface area contributed by atoms with E-state index in [9.17, 15) is 0 Å². The lowest BCUT2D eigenvalue weighted by molar-refractivity contribution is 0.589. The number of halogens is 6. The molecule has 0 amide bonds. The molecule has 0 spiro atoms. The van der Waals surface area contributed by atoms with Gasteiger partial charge in [0.15, 0.2) is 0 Å². The number of fused-ring (bicyclic) bond motifs is 3. The molecule has 7 rings (SSSR count). The van der Waals surface area contributed by atoms with Crippen LogP contribution in [0, 0.1) is 0 Å². The van der Waals surface area contributed by atoms with Gasteiger partial charge in [-0.25, -0.2) is 0 Å². The van der Waals surface area contributed by atoms with Crippen molar-refractivity contribution >= 4 is 117 Å². The first kappa shape index (κ1) is 38.2. The highest BCUT2D eigenvalue weighted by molar-refractivity contribution is 9.11. The number of hydrogen-bond acceptors (Lipinski definition) is 0. The standard InChI is InChI=1S/C46H36Br6/c1-45(2,3)29-21-35(49)41(36(50)22-29)43-39-31(17-27(19-33(39)47)25-13-9-7-10-14-25)32-18-28(26-15-11-8-12-16-26)20-34(48)40(32)44(43)42-37(51)23-30(24-38(42)52)46(4,5)6/h7-24H,1-6H3. The Morgan fingerprint density at radius 3 is 0.923 bits per heavy atom. The first-order chi connectivity index (χ1) is 24.5. The third-order valence-corrected chi connectivity index (χ3v) is 13.5. The van der Waals surface area contributed by atoms with Crippen molar-refractivity contribution in [3.8, 4) is 44.5 Å². The largest absolute Gasteiger partial charge is 0.0622 e. The van der Waals surface area contributed by atoms with Crippen LogP contribution in [0.25, 0.3) is 66.1 Å². The van der Waals surface area contributed by atoms with Crippen molar-refractivity contribution in [1.29, 1.82) is 0 Å². The van der Waals surface area contributed by atoms with Crippen LogP contribution in [0.15, 0.2) is 136 Å². The van der Waals surface area contributed by atoms with Gasteiger partial charge >= 0.3 is 0 Å². The van der Waals surface area contributed by atoms with Crippen LogP contribution < -0.4 is 0 Å². The smallest absolute Gasteiger partial charge is 0.0268 e. The van der Waals surface area contributed by atoms with Gasteiger partial charge in [0, 0.05) is 59.9 Å². The highest BCUT2D eigenvalue weighted by Gasteiger charge is 2.29. The summed E-state index contributed by atoms with van der Waals surface area (Å²) in [5, 5.41) is 4.61. The lowest BCUT2D eigenvalue weighted by Gasteiger charge is -2.27. The van der Waals surface area contributed by atoms with Crippen molar-refractivity contribution in [3.63, 3.8) is 0 Å². The van der Waals surface area contributed by atoms with Gasteiger partial charge in [-0.05, 0) is 104 Å². The SMILES string of the molecule is CC(C)(C)c1cc(Br)c(-c2c(-c3c(Br)cc(C(C)(C)C)cc3Br)c3c(Br)cc(-c4ccccc4)cc3c3cc(-c4ccccc4)cc(Br)c23)c(Br)c1. The predicted octanol–water partition coefficient (Wildman–Crippen LogP) is 17.8. The number of hydrogen-bond donors (Lipinski definition) is 0. The molecule has 52 heavy (non-hydrogen) atoms. The summed E-state index contributed by atoms with van der Waals surface area (Å²) in [7, 11) is 0. The summed E-state index contributed by atoms with van der Waals surface area (Å²) in [4.78, 5) is 0. The van der Waals surface area contributed by atoms with Gasteiger partial charge in [0.25, 0.3) is 0 Å². The van der Waals surface area contributed by atoms with Crippen molar-refractivity contribution in [2.75, 3.05) is 0 Å². The highest BCUT2D eigenvalue weighted by Crippen LogP contribution is 2.56. The Hall–Kier alpha value is -2.06. The van der Waals surface area contributed by atoms with Gasteiger partial charge in [0.05, 0.1) is 0 Å². The Labute approximate surface area is 357 Å². The van der Waals surface area contributed by atoms with Crippen LogP contribution in [0.3, 0.4) is 0 Å². The van der Waals surface area contributed by atoms with E-state index < -0.39 is 0 Å². The Kier molecular flexibility index (Phi) is 10.7. The van der Waals surface area contributed by atoms with Gasteiger partial charge in [-0.3, -0.25) is 0 Å². The van der Waals surface area contributed by atoms with Crippen LogP contribution in [0.5, 0.6) is 0 Å². The van der Waals surface area contributed by atoms with Crippen molar-refractivity contribution < 1.29 is 0 Å². The zero-order valence-electron chi connectivity index (χ0n) is 29.7. The molecule has 262 valence electrons. The van der Waals surface area contributed by atoms with Crippen LogP contribution in [0.1, 0.15) is 52.7 Å². The summed E-state index contributed by atoms with van der Waals surface area (Å²) in [6.45, 7) is 13.5. The van der Waals surface area contributed by atoms with Gasteiger partial charge in [0.2, 0.25) is 0 Å². The van der Waals surface area contributed by atoms with Crippen molar-refractivity contribution in [2.45, 2.75) is 52.4 Å². The van der Waals surface area contributed by atoms with E-state index in [0.29, 0.717) is 0 Å². The minimum Gasteiger partial charge on any atom is -0.0622 e. The first-order valence-corrected chi connectivity index (χ1v) is 21.8. The van der Waals surface area contributed by atoms with E-state index in [0.717, 1.165) is 81.8 Å². The quantitative estimate of drug-likeness (QED) is 0.154. The maximum absolute atomic E-state index is 4.17. The van der Waals surface area contributed by atoms with Gasteiger partial charge in [-0.1, -0.05) is 198 Å². The maximum Gasteiger partial charge on any atom is 0.0268 e. The Balaban J connectivity index is 1.76. The van der Waals surface area contributed by atoms with E-state index in [1.54, 1.807) is 0 Å². The van der Waals surface area contributed by atoms with Crippen LogP contribution in [0.4, 0.5) is 0 Å². The first-order valence-electron chi connectivity index (χ1n) is 17.1. The normalized spacial score (nSPS) is 12.2. The summed E-state index contributed by atoms with van der Waals surface area (Å²) >= 11 is 24.8. The molecule has 7 aromatic rings. The molecule has 0 radical (unpaired) electrons. The van der Waals surface area contributed by atoms with Crippen LogP contribution in [-0.4, -0.2) is 0 Å². The summed E-state index contributed by atoms with van der Waals surface area (Å²) in [6.07, 6.45) is 0. The van der Waals surface area contributed by atoms with E-state index >= 15 is 0 Å². The second-order valence-corrected chi connectivity index (χ2v) is 20.5. The molecule has 0 unspecified atom stereocenters. The molecule has 0 aliphatic carbocycles. The molecular weight excluding hydrogens is 1030 g/mol. The van der Waals surface area contributed by atoms with Crippen molar-refractivity contribution in [2.24, 2.45) is 0 Å². The van der Waals surface area contributed by atoms with Crippen LogP contribution in [-0.2, 0) is 10.8 Å². The second kappa shape index (κ2) is 14.5. The highest BCUT2D eigenvalue weighted by atomic mass is 79.9. The lowest BCUT2D eigenvalue weighted by Crippen LogP contribution is -2.11. The molecule has 0 saturated heterocycles.